The van der Waals surface area contributed by atoms with Crippen LogP contribution in [0.1, 0.15) is 35.1 Å². The van der Waals surface area contributed by atoms with Gasteiger partial charge in [-0.05, 0) is 42.2 Å². The predicted octanol–water partition coefficient (Wildman–Crippen LogP) is 4.88. The summed E-state index contributed by atoms with van der Waals surface area (Å²) in [4.78, 5) is 18.8. The van der Waals surface area contributed by atoms with Crippen molar-refractivity contribution in [1.29, 1.82) is 0 Å². The molecule has 0 unspecified atom stereocenters. The molecule has 0 radical (unpaired) electrons. The van der Waals surface area contributed by atoms with Gasteiger partial charge in [0.2, 0.25) is 5.91 Å². The second-order valence-corrected chi connectivity index (χ2v) is 8.18. The largest absolute Gasteiger partial charge is 0.352 e. The number of anilines is 1. The van der Waals surface area contributed by atoms with Crippen molar-refractivity contribution in [3.63, 3.8) is 0 Å². The van der Waals surface area contributed by atoms with Gasteiger partial charge in [0, 0.05) is 31.7 Å². The first kappa shape index (κ1) is 21.6. The molecule has 0 spiro atoms. The minimum absolute atomic E-state index is 0.249. The molecule has 164 valence electrons. The SMILES string of the molecule is Cc1ccc(CN=C(NCc2ccccc2CN2CCCC2=O)Nc2ccccc2)cc1. The number of aryl methyl sites for hydroxylation is 1. The van der Waals surface area contributed by atoms with Gasteiger partial charge >= 0.3 is 0 Å². The highest BCUT2D eigenvalue weighted by molar-refractivity contribution is 5.93. The van der Waals surface area contributed by atoms with Gasteiger partial charge in [0.25, 0.3) is 0 Å². The lowest BCUT2D eigenvalue weighted by atomic mass is 10.1. The summed E-state index contributed by atoms with van der Waals surface area (Å²) in [6.45, 7) is 4.82. The molecule has 3 aromatic carbocycles. The van der Waals surface area contributed by atoms with Gasteiger partial charge in [-0.3, -0.25) is 4.79 Å². The highest BCUT2D eigenvalue weighted by Gasteiger charge is 2.20. The van der Waals surface area contributed by atoms with Crippen LogP contribution in [0.25, 0.3) is 0 Å². The minimum Gasteiger partial charge on any atom is -0.352 e. The van der Waals surface area contributed by atoms with Crippen LogP contribution in [0.15, 0.2) is 83.9 Å². The molecular formula is C27H30N4O. The molecule has 4 rings (SSSR count). The number of rotatable bonds is 7. The summed E-state index contributed by atoms with van der Waals surface area (Å²) in [6, 6.07) is 26.8. The van der Waals surface area contributed by atoms with Crippen LogP contribution in [-0.4, -0.2) is 23.3 Å². The number of hydrogen-bond acceptors (Lipinski definition) is 2. The van der Waals surface area contributed by atoms with Crippen LogP contribution in [0.5, 0.6) is 0 Å². The van der Waals surface area contributed by atoms with Crippen molar-refractivity contribution in [3.05, 3.63) is 101 Å². The Hall–Kier alpha value is -3.60. The average Bonchev–Trinajstić information content (AvgIpc) is 3.22. The lowest BCUT2D eigenvalue weighted by Gasteiger charge is -2.19. The molecule has 0 bridgehead atoms. The zero-order valence-electron chi connectivity index (χ0n) is 18.6. The molecule has 5 heteroatoms. The number of nitrogens with zero attached hydrogens (tertiary/aromatic N) is 2. The van der Waals surface area contributed by atoms with Gasteiger partial charge in [0.05, 0.1) is 6.54 Å². The topological polar surface area (TPSA) is 56.7 Å². The average molecular weight is 427 g/mol. The quantitative estimate of drug-likeness (QED) is 0.418. The van der Waals surface area contributed by atoms with E-state index in [9.17, 15) is 4.79 Å². The summed E-state index contributed by atoms with van der Waals surface area (Å²) in [6.07, 6.45) is 1.62. The van der Waals surface area contributed by atoms with Crippen molar-refractivity contribution >= 4 is 17.6 Å². The summed E-state index contributed by atoms with van der Waals surface area (Å²) in [5.74, 6) is 0.975. The maximum Gasteiger partial charge on any atom is 0.222 e. The number of para-hydroxylation sites is 1. The van der Waals surface area contributed by atoms with E-state index in [0.29, 0.717) is 26.1 Å². The van der Waals surface area contributed by atoms with Crippen molar-refractivity contribution in [1.82, 2.24) is 10.2 Å². The van der Waals surface area contributed by atoms with Crippen molar-refractivity contribution in [2.24, 2.45) is 4.99 Å². The third-order valence-corrected chi connectivity index (χ3v) is 5.67. The molecule has 2 N–H and O–H groups in total. The Morgan fingerprint density at radius 2 is 1.66 bits per heavy atom. The number of benzene rings is 3. The van der Waals surface area contributed by atoms with Crippen LogP contribution in [0.2, 0.25) is 0 Å². The number of carbonyl (C=O) groups excluding carboxylic acids is 1. The van der Waals surface area contributed by atoms with Crippen LogP contribution in [-0.2, 0) is 24.4 Å². The first-order valence-corrected chi connectivity index (χ1v) is 11.2. The van der Waals surface area contributed by atoms with Crippen LogP contribution in [0, 0.1) is 6.92 Å². The Labute approximate surface area is 190 Å². The highest BCUT2D eigenvalue weighted by atomic mass is 16.2. The van der Waals surface area contributed by atoms with Crippen LogP contribution >= 0.6 is 0 Å². The van der Waals surface area contributed by atoms with Crippen LogP contribution < -0.4 is 10.6 Å². The third kappa shape index (κ3) is 5.97. The minimum atomic E-state index is 0.249. The van der Waals surface area contributed by atoms with Crippen molar-refractivity contribution in [3.8, 4) is 0 Å². The van der Waals surface area contributed by atoms with Crippen molar-refractivity contribution in [2.75, 3.05) is 11.9 Å². The lowest BCUT2D eigenvalue weighted by Crippen LogP contribution is -2.31. The maximum atomic E-state index is 12.1. The molecule has 0 saturated carbocycles. The number of nitrogens with one attached hydrogen (secondary N) is 2. The fraction of sp³-hybridized carbons (Fsp3) is 0.259. The molecule has 0 aromatic heterocycles. The molecule has 1 aliphatic heterocycles. The van der Waals surface area contributed by atoms with Gasteiger partial charge in [-0.1, -0.05) is 72.3 Å². The molecule has 5 nitrogen and oxygen atoms in total. The fourth-order valence-electron chi connectivity index (χ4n) is 3.80. The molecule has 0 aliphatic carbocycles. The number of guanidine groups is 1. The second-order valence-electron chi connectivity index (χ2n) is 8.18. The zero-order chi connectivity index (χ0) is 22.2. The Bertz CT molecular complexity index is 1060. The molecule has 32 heavy (non-hydrogen) atoms. The van der Waals surface area contributed by atoms with Crippen LogP contribution in [0.3, 0.4) is 0 Å². The first-order chi connectivity index (χ1) is 15.7. The van der Waals surface area contributed by atoms with Crippen molar-refractivity contribution < 1.29 is 4.79 Å². The van der Waals surface area contributed by atoms with Crippen molar-refractivity contribution in [2.45, 2.75) is 39.4 Å². The van der Waals surface area contributed by atoms with Gasteiger partial charge in [-0.25, -0.2) is 4.99 Å². The third-order valence-electron chi connectivity index (χ3n) is 5.67. The Balaban J connectivity index is 1.48. The van der Waals surface area contributed by atoms with Gasteiger partial charge in [-0.2, -0.15) is 0 Å². The van der Waals surface area contributed by atoms with Crippen LogP contribution in [0.4, 0.5) is 5.69 Å². The smallest absolute Gasteiger partial charge is 0.222 e. The lowest BCUT2D eigenvalue weighted by molar-refractivity contribution is -0.128. The number of hydrogen-bond donors (Lipinski definition) is 2. The van der Waals surface area contributed by atoms with E-state index in [-0.39, 0.29) is 5.91 Å². The maximum absolute atomic E-state index is 12.1. The Morgan fingerprint density at radius 3 is 2.38 bits per heavy atom. The molecule has 1 saturated heterocycles. The van der Waals surface area contributed by atoms with E-state index >= 15 is 0 Å². The monoisotopic (exact) mass is 426 g/mol. The molecule has 1 aliphatic rings. The van der Waals surface area contributed by atoms with E-state index in [1.54, 1.807) is 0 Å². The molecule has 1 heterocycles. The summed E-state index contributed by atoms with van der Waals surface area (Å²) in [5, 5.41) is 6.88. The van der Waals surface area contributed by atoms with Gasteiger partial charge < -0.3 is 15.5 Å². The summed E-state index contributed by atoms with van der Waals surface area (Å²) in [5.41, 5.74) is 5.74. The van der Waals surface area contributed by atoms with E-state index < -0.39 is 0 Å². The number of likely N-dealkylation sites (tertiary alicyclic amines) is 1. The number of carbonyl (C=O) groups is 1. The molecule has 1 amide bonds. The fourth-order valence-corrected chi connectivity index (χ4v) is 3.80. The van der Waals surface area contributed by atoms with Gasteiger partial charge in [0.15, 0.2) is 5.96 Å². The molecule has 3 aromatic rings. The van der Waals surface area contributed by atoms with E-state index in [0.717, 1.165) is 30.2 Å². The van der Waals surface area contributed by atoms with E-state index in [1.165, 1.54) is 16.7 Å². The second kappa shape index (κ2) is 10.6. The Kier molecular flexibility index (Phi) is 7.18. The zero-order valence-corrected chi connectivity index (χ0v) is 18.6. The van der Waals surface area contributed by atoms with Gasteiger partial charge in [-0.15, -0.1) is 0 Å². The normalized spacial score (nSPS) is 14.0. The van der Waals surface area contributed by atoms with Gasteiger partial charge in [0.1, 0.15) is 0 Å². The Morgan fingerprint density at radius 1 is 0.938 bits per heavy atom. The number of aliphatic imine (C=N–C) groups is 1. The van der Waals surface area contributed by atoms with E-state index in [2.05, 4.69) is 54.0 Å². The standard InChI is InChI=1S/C27H30N4O/c1-21-13-15-22(16-14-21)18-28-27(30-25-10-3-2-4-11-25)29-19-23-8-5-6-9-24(23)20-31-17-7-12-26(31)32/h2-6,8-11,13-16H,7,12,17-20H2,1H3,(H2,28,29,30). The molecule has 0 atom stereocenters. The number of amides is 1. The predicted molar refractivity (Wildman–Crippen MR) is 130 cm³/mol. The molecule has 1 fully saturated rings. The summed E-state index contributed by atoms with van der Waals surface area (Å²) >= 11 is 0. The van der Waals surface area contributed by atoms with E-state index in [4.69, 9.17) is 4.99 Å². The highest BCUT2D eigenvalue weighted by Crippen LogP contribution is 2.17. The molecular weight excluding hydrogens is 396 g/mol. The first-order valence-electron chi connectivity index (χ1n) is 11.2. The van der Waals surface area contributed by atoms with E-state index in [1.807, 2.05) is 47.4 Å². The summed E-state index contributed by atoms with van der Waals surface area (Å²) < 4.78 is 0. The summed E-state index contributed by atoms with van der Waals surface area (Å²) in [7, 11) is 0.